The number of hydrogen-bond acceptors (Lipinski definition) is 4. The predicted molar refractivity (Wildman–Crippen MR) is 84.6 cm³/mol. The number of nitrogens with one attached hydrogen (secondary N) is 1. The molecule has 0 heterocycles. The SMILES string of the molecule is COc1cc(OC)c(OC)cc1CNc1cccc(C)c1. The van der Waals surface area contributed by atoms with E-state index in [1.54, 1.807) is 21.3 Å². The molecule has 2 aromatic carbocycles. The van der Waals surface area contributed by atoms with E-state index >= 15 is 0 Å². The van der Waals surface area contributed by atoms with Gasteiger partial charge >= 0.3 is 0 Å². The third-order valence-corrected chi connectivity index (χ3v) is 3.29. The zero-order valence-corrected chi connectivity index (χ0v) is 12.9. The van der Waals surface area contributed by atoms with E-state index in [-0.39, 0.29) is 0 Å². The molecule has 0 spiro atoms. The Hall–Kier alpha value is -2.36. The average molecular weight is 287 g/mol. The van der Waals surface area contributed by atoms with Crippen LogP contribution in [0.15, 0.2) is 36.4 Å². The Morgan fingerprint density at radius 2 is 1.52 bits per heavy atom. The molecule has 0 aliphatic heterocycles. The van der Waals surface area contributed by atoms with Gasteiger partial charge in [0, 0.05) is 23.9 Å². The number of hydrogen-bond donors (Lipinski definition) is 1. The van der Waals surface area contributed by atoms with Crippen LogP contribution in [-0.2, 0) is 6.54 Å². The summed E-state index contributed by atoms with van der Waals surface area (Å²) in [5.74, 6) is 2.13. The number of rotatable bonds is 6. The molecule has 4 heteroatoms. The zero-order valence-electron chi connectivity index (χ0n) is 12.9. The van der Waals surface area contributed by atoms with Crippen LogP contribution < -0.4 is 19.5 Å². The van der Waals surface area contributed by atoms with Crippen molar-refractivity contribution in [1.29, 1.82) is 0 Å². The highest BCUT2D eigenvalue weighted by atomic mass is 16.5. The summed E-state index contributed by atoms with van der Waals surface area (Å²) in [5, 5.41) is 3.39. The summed E-state index contributed by atoms with van der Waals surface area (Å²) in [6, 6.07) is 12.0. The predicted octanol–water partition coefficient (Wildman–Crippen LogP) is 3.63. The van der Waals surface area contributed by atoms with E-state index in [1.165, 1.54) is 5.56 Å². The van der Waals surface area contributed by atoms with Crippen molar-refractivity contribution in [3.8, 4) is 17.2 Å². The Bertz CT molecular complexity index is 611. The van der Waals surface area contributed by atoms with Gasteiger partial charge in [0.1, 0.15) is 5.75 Å². The van der Waals surface area contributed by atoms with Crippen molar-refractivity contribution in [2.45, 2.75) is 13.5 Å². The number of ether oxygens (including phenoxy) is 3. The molecular formula is C17H21NO3. The van der Waals surface area contributed by atoms with Gasteiger partial charge in [-0.15, -0.1) is 0 Å². The normalized spacial score (nSPS) is 10.1. The molecule has 0 fully saturated rings. The van der Waals surface area contributed by atoms with Gasteiger partial charge in [0.15, 0.2) is 11.5 Å². The largest absolute Gasteiger partial charge is 0.496 e. The van der Waals surface area contributed by atoms with Gasteiger partial charge in [-0.05, 0) is 30.7 Å². The van der Waals surface area contributed by atoms with Crippen LogP contribution in [0.3, 0.4) is 0 Å². The molecule has 0 atom stereocenters. The second kappa shape index (κ2) is 6.88. The summed E-state index contributed by atoms with van der Waals surface area (Å²) in [6.07, 6.45) is 0. The highest BCUT2D eigenvalue weighted by molar-refractivity contribution is 5.53. The Balaban J connectivity index is 2.22. The number of anilines is 1. The van der Waals surface area contributed by atoms with E-state index in [9.17, 15) is 0 Å². The van der Waals surface area contributed by atoms with Crippen LogP contribution in [0.2, 0.25) is 0 Å². The van der Waals surface area contributed by atoms with Gasteiger partial charge < -0.3 is 19.5 Å². The molecule has 2 aromatic rings. The topological polar surface area (TPSA) is 39.7 Å². The molecule has 21 heavy (non-hydrogen) atoms. The second-order valence-electron chi connectivity index (χ2n) is 4.74. The molecule has 0 radical (unpaired) electrons. The maximum atomic E-state index is 5.42. The molecule has 0 unspecified atom stereocenters. The number of aryl methyl sites for hydroxylation is 1. The highest BCUT2D eigenvalue weighted by Gasteiger charge is 2.11. The number of benzene rings is 2. The summed E-state index contributed by atoms with van der Waals surface area (Å²) < 4.78 is 16.0. The van der Waals surface area contributed by atoms with E-state index in [0.717, 1.165) is 17.0 Å². The van der Waals surface area contributed by atoms with Crippen molar-refractivity contribution in [3.63, 3.8) is 0 Å². The highest BCUT2D eigenvalue weighted by Crippen LogP contribution is 2.34. The molecular weight excluding hydrogens is 266 g/mol. The van der Waals surface area contributed by atoms with Gasteiger partial charge in [-0.2, -0.15) is 0 Å². The Morgan fingerprint density at radius 1 is 0.857 bits per heavy atom. The summed E-state index contributed by atoms with van der Waals surface area (Å²) in [5.41, 5.74) is 3.31. The van der Waals surface area contributed by atoms with E-state index in [4.69, 9.17) is 14.2 Å². The van der Waals surface area contributed by atoms with Gasteiger partial charge in [-0.3, -0.25) is 0 Å². The fourth-order valence-corrected chi connectivity index (χ4v) is 2.18. The molecule has 0 aliphatic rings. The lowest BCUT2D eigenvalue weighted by Crippen LogP contribution is -2.03. The van der Waals surface area contributed by atoms with Gasteiger partial charge in [-0.1, -0.05) is 12.1 Å². The first-order chi connectivity index (χ1) is 10.2. The van der Waals surface area contributed by atoms with Crippen molar-refractivity contribution in [2.75, 3.05) is 26.6 Å². The maximum Gasteiger partial charge on any atom is 0.164 e. The summed E-state index contributed by atoms with van der Waals surface area (Å²) in [4.78, 5) is 0. The lowest BCUT2D eigenvalue weighted by molar-refractivity contribution is 0.347. The molecule has 112 valence electrons. The molecule has 0 amide bonds. The van der Waals surface area contributed by atoms with Crippen molar-refractivity contribution < 1.29 is 14.2 Å². The van der Waals surface area contributed by atoms with Crippen LogP contribution in [0.4, 0.5) is 5.69 Å². The van der Waals surface area contributed by atoms with Crippen LogP contribution in [0.1, 0.15) is 11.1 Å². The van der Waals surface area contributed by atoms with Gasteiger partial charge in [-0.25, -0.2) is 0 Å². The molecule has 0 saturated heterocycles. The van der Waals surface area contributed by atoms with Crippen molar-refractivity contribution >= 4 is 5.69 Å². The Kier molecular flexibility index (Phi) is 4.93. The summed E-state index contributed by atoms with van der Waals surface area (Å²) in [7, 11) is 4.89. The third kappa shape index (κ3) is 3.60. The van der Waals surface area contributed by atoms with Gasteiger partial charge in [0.05, 0.1) is 21.3 Å². The molecule has 0 aliphatic carbocycles. The molecule has 1 N–H and O–H groups in total. The molecule has 0 aromatic heterocycles. The smallest absolute Gasteiger partial charge is 0.164 e. The maximum absolute atomic E-state index is 5.42. The van der Waals surface area contributed by atoms with Crippen LogP contribution in [0.5, 0.6) is 17.2 Å². The second-order valence-corrected chi connectivity index (χ2v) is 4.74. The summed E-state index contributed by atoms with van der Waals surface area (Å²) >= 11 is 0. The fourth-order valence-electron chi connectivity index (χ4n) is 2.18. The van der Waals surface area contributed by atoms with Crippen LogP contribution in [-0.4, -0.2) is 21.3 Å². The quantitative estimate of drug-likeness (QED) is 0.880. The first-order valence-electron chi connectivity index (χ1n) is 6.77. The average Bonchev–Trinajstić information content (AvgIpc) is 2.52. The lowest BCUT2D eigenvalue weighted by atomic mass is 10.1. The van der Waals surface area contributed by atoms with Crippen molar-refractivity contribution in [3.05, 3.63) is 47.5 Å². The van der Waals surface area contributed by atoms with Gasteiger partial charge in [0.25, 0.3) is 0 Å². The Morgan fingerprint density at radius 3 is 2.14 bits per heavy atom. The van der Waals surface area contributed by atoms with Crippen molar-refractivity contribution in [1.82, 2.24) is 0 Å². The third-order valence-electron chi connectivity index (χ3n) is 3.29. The van der Waals surface area contributed by atoms with Crippen LogP contribution in [0.25, 0.3) is 0 Å². The monoisotopic (exact) mass is 287 g/mol. The molecule has 0 bridgehead atoms. The molecule has 0 saturated carbocycles. The van der Waals surface area contributed by atoms with Crippen molar-refractivity contribution in [2.24, 2.45) is 0 Å². The molecule has 4 nitrogen and oxygen atoms in total. The standard InChI is InChI=1S/C17H21NO3/c1-12-6-5-7-14(8-12)18-11-13-9-16(20-3)17(21-4)10-15(13)19-2/h5-10,18H,11H2,1-4H3. The molecule has 2 rings (SSSR count). The minimum absolute atomic E-state index is 0.646. The van der Waals surface area contributed by atoms with E-state index in [0.29, 0.717) is 18.0 Å². The first-order valence-corrected chi connectivity index (χ1v) is 6.77. The summed E-state index contributed by atoms with van der Waals surface area (Å²) in [6.45, 7) is 2.72. The minimum atomic E-state index is 0.646. The lowest BCUT2D eigenvalue weighted by Gasteiger charge is -2.15. The van der Waals surface area contributed by atoms with Crippen LogP contribution >= 0.6 is 0 Å². The number of methoxy groups -OCH3 is 3. The first kappa shape index (κ1) is 15.0. The van der Waals surface area contributed by atoms with Gasteiger partial charge in [0.2, 0.25) is 0 Å². The zero-order chi connectivity index (χ0) is 15.2. The van der Waals surface area contributed by atoms with E-state index in [1.807, 2.05) is 24.3 Å². The fraction of sp³-hybridized carbons (Fsp3) is 0.294. The Labute approximate surface area is 125 Å². The van der Waals surface area contributed by atoms with E-state index < -0.39 is 0 Å². The van der Waals surface area contributed by atoms with E-state index in [2.05, 4.69) is 24.4 Å². The minimum Gasteiger partial charge on any atom is -0.496 e. The van der Waals surface area contributed by atoms with Crippen LogP contribution in [0, 0.1) is 6.92 Å².